The van der Waals surface area contributed by atoms with E-state index in [1.807, 2.05) is 6.92 Å². The van der Waals surface area contributed by atoms with Crippen LogP contribution in [0.4, 0.5) is 11.5 Å². The fraction of sp³-hybridized carbons (Fsp3) is 0.519. The number of nitrogens with two attached hydrogens (primary N) is 2. The average molecular weight is 567 g/mol. The van der Waals surface area contributed by atoms with Gasteiger partial charge in [-0.05, 0) is 58.4 Å². The summed E-state index contributed by atoms with van der Waals surface area (Å²) < 4.78 is 13.1. The van der Waals surface area contributed by atoms with Crippen molar-refractivity contribution in [3.63, 3.8) is 0 Å². The molecule has 13 heteroatoms. The highest BCUT2D eigenvalue weighted by molar-refractivity contribution is 7.13. The van der Waals surface area contributed by atoms with Gasteiger partial charge in [-0.3, -0.25) is 4.79 Å². The topological polar surface area (TPSA) is 163 Å². The number of fused-ring (bicyclic) bond motifs is 1. The van der Waals surface area contributed by atoms with Crippen LogP contribution in [0.2, 0.25) is 0 Å². The van der Waals surface area contributed by atoms with E-state index in [0.29, 0.717) is 34.2 Å². The molecule has 1 saturated carbocycles. The van der Waals surface area contributed by atoms with Crippen LogP contribution < -0.4 is 26.4 Å². The lowest BCUT2D eigenvalue weighted by Crippen LogP contribution is -2.50. The number of piperidine rings is 1. The van der Waals surface area contributed by atoms with E-state index in [1.165, 1.54) is 17.7 Å². The Bertz CT molecular complexity index is 1490. The second-order valence-corrected chi connectivity index (χ2v) is 12.0. The number of nitrogens with one attached hydrogen (secondary N) is 1. The molecule has 6 rings (SSSR count). The molecular formula is C27H34N8O4S. The Morgan fingerprint density at radius 3 is 2.73 bits per heavy atom. The smallest absolute Gasteiger partial charge is 0.334 e. The Kier molecular flexibility index (Phi) is 7.09. The Morgan fingerprint density at radius 1 is 1.20 bits per heavy atom. The highest BCUT2D eigenvalue weighted by Gasteiger charge is 2.31. The second-order valence-electron chi connectivity index (χ2n) is 10.8. The fourth-order valence-electron chi connectivity index (χ4n) is 6.06. The van der Waals surface area contributed by atoms with Gasteiger partial charge in [-0.2, -0.15) is 5.10 Å². The van der Waals surface area contributed by atoms with Gasteiger partial charge in [0.25, 0.3) is 5.91 Å². The summed E-state index contributed by atoms with van der Waals surface area (Å²) in [5, 5.41) is 9.13. The molecule has 0 unspecified atom stereocenters. The summed E-state index contributed by atoms with van der Waals surface area (Å²) in [6, 6.07) is 2.77. The van der Waals surface area contributed by atoms with Crippen molar-refractivity contribution in [2.24, 2.45) is 5.73 Å². The Balaban J connectivity index is 1.12. The molecule has 5 N–H and O–H groups in total. The summed E-state index contributed by atoms with van der Waals surface area (Å²) in [5.74, 6) is -0.0174. The summed E-state index contributed by atoms with van der Waals surface area (Å²) in [6.07, 6.45) is 7.34. The Morgan fingerprint density at radius 2 is 2.00 bits per heavy atom. The number of carbonyl (C=O) groups excluding carboxylic acids is 2. The summed E-state index contributed by atoms with van der Waals surface area (Å²) in [5.41, 5.74) is 15.8. The first kappa shape index (κ1) is 26.5. The lowest BCUT2D eigenvalue weighted by atomic mass is 9.91. The van der Waals surface area contributed by atoms with Crippen molar-refractivity contribution in [3.8, 4) is 5.88 Å². The molecule has 1 amide bonds. The molecular weight excluding hydrogens is 532 g/mol. The van der Waals surface area contributed by atoms with Crippen molar-refractivity contribution < 1.29 is 19.1 Å². The van der Waals surface area contributed by atoms with Crippen LogP contribution in [0.15, 0.2) is 18.0 Å². The number of ether oxygens (including phenoxy) is 2. The van der Waals surface area contributed by atoms with Gasteiger partial charge < -0.3 is 31.2 Å². The maximum absolute atomic E-state index is 12.1. The molecule has 212 valence electrons. The number of carbonyl (C=O) groups is 2. The van der Waals surface area contributed by atoms with Crippen LogP contribution in [0.1, 0.15) is 65.8 Å². The quantitative estimate of drug-likeness (QED) is 0.362. The van der Waals surface area contributed by atoms with Crippen molar-refractivity contribution >= 4 is 45.8 Å². The van der Waals surface area contributed by atoms with Gasteiger partial charge in [0.15, 0.2) is 10.7 Å². The lowest BCUT2D eigenvalue weighted by molar-refractivity contribution is -0.135. The number of nitrogen functional groups attached to an aromatic ring is 1. The minimum atomic E-state index is -0.494. The van der Waals surface area contributed by atoms with E-state index in [-0.39, 0.29) is 18.7 Å². The van der Waals surface area contributed by atoms with Crippen molar-refractivity contribution in [1.82, 2.24) is 24.9 Å². The number of thiazole rings is 1. The zero-order valence-corrected chi connectivity index (χ0v) is 23.5. The van der Waals surface area contributed by atoms with E-state index in [2.05, 4.69) is 31.3 Å². The number of aryl methyl sites for hydroxylation is 1. The lowest BCUT2D eigenvalue weighted by Gasteiger charge is -2.38. The number of amides is 1. The molecule has 5 heterocycles. The number of hydrogen-bond donors (Lipinski definition) is 3. The van der Waals surface area contributed by atoms with Crippen molar-refractivity contribution in [3.05, 3.63) is 33.5 Å². The summed E-state index contributed by atoms with van der Waals surface area (Å²) in [6.45, 7) is 5.58. The highest BCUT2D eigenvalue weighted by Crippen LogP contribution is 2.36. The van der Waals surface area contributed by atoms with Gasteiger partial charge in [-0.15, -0.1) is 11.3 Å². The third-order valence-corrected chi connectivity index (χ3v) is 9.06. The predicted octanol–water partition coefficient (Wildman–Crippen LogP) is 2.45. The fourth-order valence-corrected chi connectivity index (χ4v) is 6.77. The van der Waals surface area contributed by atoms with Crippen LogP contribution in [-0.4, -0.2) is 69.3 Å². The van der Waals surface area contributed by atoms with Gasteiger partial charge in [0.2, 0.25) is 5.88 Å². The van der Waals surface area contributed by atoms with E-state index < -0.39 is 5.91 Å². The van der Waals surface area contributed by atoms with E-state index >= 15 is 0 Å². The van der Waals surface area contributed by atoms with Crippen LogP contribution in [0.5, 0.6) is 5.88 Å². The summed E-state index contributed by atoms with van der Waals surface area (Å²) >= 11 is 1.27. The molecule has 3 aromatic rings. The third-order valence-electron chi connectivity index (χ3n) is 8.09. The molecule has 40 heavy (non-hydrogen) atoms. The number of primary amides is 1. The standard InChI is InChI=1S/C27H34N8O4S/c1-14-19(12-38-27(14)37)20-10-21(22-24(28)30-13-31-35(20)22)34-9-3-4-17(11-34)33-16-5-7-18(8-6-16)39-26-23(25(29)36)40-15(2)32-26/h10,13,16-18,33H,3-9,11-12H2,1-2H3,(H2,29,36)(H2,28,30,31)/t16?,17-,18?/m1/s1. The Hall–Kier alpha value is -3.71. The van der Waals surface area contributed by atoms with Gasteiger partial charge in [0.1, 0.15) is 24.6 Å². The number of rotatable bonds is 7. The number of aromatic nitrogens is 4. The molecule has 2 fully saturated rings. The molecule has 0 spiro atoms. The first-order valence-electron chi connectivity index (χ1n) is 13.7. The van der Waals surface area contributed by atoms with E-state index in [1.54, 1.807) is 11.4 Å². The molecule has 0 radical (unpaired) electrons. The predicted molar refractivity (Wildman–Crippen MR) is 151 cm³/mol. The van der Waals surface area contributed by atoms with Gasteiger partial charge in [0, 0.05) is 36.3 Å². The van der Waals surface area contributed by atoms with E-state index in [9.17, 15) is 9.59 Å². The number of hydrogen-bond acceptors (Lipinski definition) is 11. The number of anilines is 2. The molecule has 1 saturated heterocycles. The van der Waals surface area contributed by atoms with Crippen LogP contribution in [0.3, 0.4) is 0 Å². The van der Waals surface area contributed by atoms with Crippen LogP contribution in [0, 0.1) is 6.92 Å². The van der Waals surface area contributed by atoms with Crippen LogP contribution in [-0.2, 0) is 9.53 Å². The molecule has 0 bridgehead atoms. The van der Waals surface area contributed by atoms with Gasteiger partial charge in [-0.25, -0.2) is 19.3 Å². The number of esters is 1. The van der Waals surface area contributed by atoms with Crippen LogP contribution in [0.25, 0.3) is 11.1 Å². The molecule has 1 atom stereocenters. The highest BCUT2D eigenvalue weighted by atomic mass is 32.1. The average Bonchev–Trinajstić information content (AvgIpc) is 3.61. The minimum Gasteiger partial charge on any atom is -0.473 e. The SMILES string of the molecule is CC1=C(c2cc(N3CCC[C@@H](NC4CCC(Oc5nc(C)sc5C(N)=O)CC4)C3)c3c(N)ncnn23)COC1=O. The maximum Gasteiger partial charge on any atom is 0.334 e. The summed E-state index contributed by atoms with van der Waals surface area (Å²) in [7, 11) is 0. The molecule has 3 aliphatic rings. The third kappa shape index (κ3) is 4.99. The van der Waals surface area contributed by atoms with Gasteiger partial charge >= 0.3 is 5.97 Å². The maximum atomic E-state index is 12.1. The minimum absolute atomic E-state index is 0.0267. The van der Waals surface area contributed by atoms with Gasteiger partial charge in [-0.1, -0.05) is 0 Å². The molecule has 12 nitrogen and oxygen atoms in total. The number of nitrogens with zero attached hydrogens (tertiary/aromatic N) is 5. The van der Waals surface area contributed by atoms with Crippen LogP contribution >= 0.6 is 11.3 Å². The zero-order chi connectivity index (χ0) is 28.0. The molecule has 3 aromatic heterocycles. The first-order valence-corrected chi connectivity index (χ1v) is 14.5. The van der Waals surface area contributed by atoms with Crippen molar-refractivity contribution in [2.75, 3.05) is 30.3 Å². The molecule has 2 aliphatic heterocycles. The zero-order valence-electron chi connectivity index (χ0n) is 22.7. The molecule has 1 aliphatic carbocycles. The summed E-state index contributed by atoms with van der Waals surface area (Å²) in [4.78, 5) is 35.1. The van der Waals surface area contributed by atoms with E-state index in [4.69, 9.17) is 20.9 Å². The van der Waals surface area contributed by atoms with Gasteiger partial charge in [0.05, 0.1) is 16.4 Å². The first-order chi connectivity index (χ1) is 19.3. The van der Waals surface area contributed by atoms with Crippen molar-refractivity contribution in [2.45, 2.75) is 70.6 Å². The van der Waals surface area contributed by atoms with Crippen molar-refractivity contribution in [1.29, 1.82) is 0 Å². The normalized spacial score (nSPS) is 23.6. The van der Waals surface area contributed by atoms with E-state index in [0.717, 1.165) is 79.1 Å². The second kappa shape index (κ2) is 10.7. The Labute approximate surface area is 235 Å². The largest absolute Gasteiger partial charge is 0.473 e. The monoisotopic (exact) mass is 566 g/mol. The molecule has 0 aromatic carbocycles. The number of cyclic esters (lactones) is 1.